The van der Waals surface area contributed by atoms with Gasteiger partial charge in [-0.25, -0.2) is 0 Å². The molecule has 7 nitrogen and oxygen atoms in total. The highest BCUT2D eigenvalue weighted by atomic mass is 16.5. The zero-order valence-electron chi connectivity index (χ0n) is 23.0. The number of fused-ring (bicyclic) bond motifs is 2. The monoisotopic (exact) mass is 525 g/mol. The first-order chi connectivity index (χ1) is 18.6. The number of benzene rings is 3. The van der Waals surface area contributed by atoms with Crippen LogP contribution in [-0.2, 0) is 0 Å². The van der Waals surface area contributed by atoms with E-state index in [-0.39, 0.29) is 22.5 Å². The molecule has 1 aliphatic heterocycles. The van der Waals surface area contributed by atoms with Gasteiger partial charge in [-0.3, -0.25) is 19.3 Å². The molecule has 0 radical (unpaired) electrons. The van der Waals surface area contributed by atoms with Gasteiger partial charge in [-0.1, -0.05) is 19.9 Å². The Morgan fingerprint density at radius 1 is 0.974 bits per heavy atom. The first-order valence-electron chi connectivity index (χ1n) is 12.9. The van der Waals surface area contributed by atoms with Crippen LogP contribution in [0.15, 0.2) is 63.8 Å². The molecular weight excluding hydrogens is 494 g/mol. The van der Waals surface area contributed by atoms with Gasteiger partial charge in [0.05, 0.1) is 30.7 Å². The van der Waals surface area contributed by atoms with Crippen LogP contribution in [0.2, 0.25) is 0 Å². The molecule has 1 aliphatic rings. The molecule has 7 heteroatoms. The topological polar surface area (TPSA) is 86.0 Å². The van der Waals surface area contributed by atoms with Crippen LogP contribution in [0.1, 0.15) is 70.0 Å². The van der Waals surface area contributed by atoms with Crippen molar-refractivity contribution in [3.8, 4) is 11.5 Å². The SMILES string of the molecule is COc1cc(C2c3c(oc4cc(C)c(C)cc4c3=O)C(=O)N2c2ccc(C(C)=O)cc2)ccc1OCC(C)C. The van der Waals surface area contributed by atoms with E-state index in [0.29, 0.717) is 51.8 Å². The molecule has 0 saturated carbocycles. The summed E-state index contributed by atoms with van der Waals surface area (Å²) in [4.78, 5) is 41.3. The minimum atomic E-state index is -0.772. The number of ether oxygens (including phenoxy) is 2. The van der Waals surface area contributed by atoms with Gasteiger partial charge in [-0.2, -0.15) is 0 Å². The summed E-state index contributed by atoms with van der Waals surface area (Å²) in [5.74, 6) is 0.903. The lowest BCUT2D eigenvalue weighted by molar-refractivity contribution is 0.0970. The van der Waals surface area contributed by atoms with Crippen molar-refractivity contribution < 1.29 is 23.5 Å². The van der Waals surface area contributed by atoms with E-state index in [0.717, 1.165) is 11.1 Å². The minimum absolute atomic E-state index is 0.00972. The first-order valence-corrected chi connectivity index (χ1v) is 12.9. The van der Waals surface area contributed by atoms with Crippen LogP contribution in [0.3, 0.4) is 0 Å². The summed E-state index contributed by atoms with van der Waals surface area (Å²) in [6.07, 6.45) is 0. The Bertz CT molecular complexity index is 1670. The molecule has 5 rings (SSSR count). The number of methoxy groups -OCH3 is 1. The lowest BCUT2D eigenvalue weighted by atomic mass is 9.96. The van der Waals surface area contributed by atoms with Crippen molar-refractivity contribution in [1.82, 2.24) is 0 Å². The van der Waals surface area contributed by atoms with Gasteiger partial charge in [0.2, 0.25) is 5.76 Å². The van der Waals surface area contributed by atoms with E-state index < -0.39 is 11.9 Å². The van der Waals surface area contributed by atoms with Gasteiger partial charge in [0.25, 0.3) is 5.91 Å². The predicted octanol–water partition coefficient (Wildman–Crippen LogP) is 6.41. The van der Waals surface area contributed by atoms with Crippen LogP contribution in [0.5, 0.6) is 11.5 Å². The van der Waals surface area contributed by atoms with Crippen LogP contribution in [-0.4, -0.2) is 25.4 Å². The molecule has 0 spiro atoms. The standard InChI is InChI=1S/C32H31NO6/c1-17(2)16-38-25-12-9-22(15-27(25)37-6)29-28-30(35)24-13-18(3)19(4)14-26(24)39-31(28)32(36)33(29)23-10-7-21(8-11-23)20(5)34/h7-15,17,29H,16H2,1-6H3. The van der Waals surface area contributed by atoms with Crippen molar-refractivity contribution in [1.29, 1.82) is 0 Å². The molecule has 1 atom stereocenters. The third-order valence-corrected chi connectivity index (χ3v) is 7.11. The largest absolute Gasteiger partial charge is 0.493 e. The summed E-state index contributed by atoms with van der Waals surface area (Å²) in [7, 11) is 1.56. The van der Waals surface area contributed by atoms with Crippen LogP contribution in [0.4, 0.5) is 5.69 Å². The predicted molar refractivity (Wildman–Crippen MR) is 150 cm³/mol. The van der Waals surface area contributed by atoms with Gasteiger partial charge < -0.3 is 13.9 Å². The second-order valence-electron chi connectivity index (χ2n) is 10.4. The molecule has 39 heavy (non-hydrogen) atoms. The minimum Gasteiger partial charge on any atom is -0.493 e. The molecule has 1 amide bonds. The molecule has 0 aliphatic carbocycles. The van der Waals surface area contributed by atoms with Gasteiger partial charge in [-0.05, 0) is 91.9 Å². The summed E-state index contributed by atoms with van der Waals surface area (Å²) >= 11 is 0. The maximum Gasteiger partial charge on any atom is 0.295 e. The van der Waals surface area contributed by atoms with Crippen LogP contribution in [0, 0.1) is 19.8 Å². The fourth-order valence-corrected chi connectivity index (χ4v) is 4.90. The third-order valence-electron chi connectivity index (χ3n) is 7.11. The number of nitrogens with zero attached hydrogens (tertiary/aromatic N) is 1. The maximum atomic E-state index is 14.0. The quantitative estimate of drug-likeness (QED) is 0.259. The molecular formula is C32H31NO6. The van der Waals surface area contributed by atoms with E-state index in [9.17, 15) is 14.4 Å². The fraction of sp³-hybridized carbons (Fsp3) is 0.281. The zero-order valence-corrected chi connectivity index (χ0v) is 23.0. The number of carbonyl (C=O) groups excluding carboxylic acids is 2. The summed E-state index contributed by atoms with van der Waals surface area (Å²) < 4.78 is 17.7. The number of anilines is 1. The lowest BCUT2D eigenvalue weighted by Crippen LogP contribution is -2.29. The number of hydrogen-bond acceptors (Lipinski definition) is 6. The summed E-state index contributed by atoms with van der Waals surface area (Å²) in [5, 5.41) is 0.423. The molecule has 2 heterocycles. The number of hydrogen-bond donors (Lipinski definition) is 0. The average Bonchev–Trinajstić information content (AvgIpc) is 3.20. The number of amides is 1. The van der Waals surface area contributed by atoms with E-state index in [4.69, 9.17) is 13.9 Å². The van der Waals surface area contributed by atoms with Crippen LogP contribution in [0.25, 0.3) is 11.0 Å². The van der Waals surface area contributed by atoms with E-state index in [1.165, 1.54) is 6.92 Å². The Labute approximate surface area is 227 Å². The van der Waals surface area contributed by atoms with Crippen LogP contribution < -0.4 is 19.8 Å². The van der Waals surface area contributed by atoms with Gasteiger partial charge in [0, 0.05) is 11.3 Å². The van der Waals surface area contributed by atoms with E-state index in [2.05, 4.69) is 13.8 Å². The Kier molecular flexibility index (Phi) is 6.76. The van der Waals surface area contributed by atoms with Crippen molar-refractivity contribution in [2.45, 2.75) is 40.7 Å². The van der Waals surface area contributed by atoms with Crippen molar-refractivity contribution in [3.63, 3.8) is 0 Å². The number of Topliss-reactive ketones (excluding diaryl/α,β-unsaturated/α-hetero) is 1. The normalized spacial score (nSPS) is 14.7. The van der Waals surface area contributed by atoms with E-state index in [1.807, 2.05) is 26.0 Å². The highest BCUT2D eigenvalue weighted by molar-refractivity contribution is 6.11. The summed E-state index contributed by atoms with van der Waals surface area (Å²) in [5.41, 5.74) is 4.04. The molecule has 0 fully saturated rings. The number of aryl methyl sites for hydroxylation is 2. The van der Waals surface area contributed by atoms with Gasteiger partial charge in [-0.15, -0.1) is 0 Å². The Morgan fingerprint density at radius 3 is 2.31 bits per heavy atom. The number of ketones is 1. The Balaban J connectivity index is 1.73. The second kappa shape index (κ2) is 10.1. The maximum absolute atomic E-state index is 14.0. The van der Waals surface area contributed by atoms with Crippen molar-refractivity contribution in [3.05, 3.63) is 98.4 Å². The van der Waals surface area contributed by atoms with Gasteiger partial charge in [0.15, 0.2) is 22.7 Å². The van der Waals surface area contributed by atoms with Crippen molar-refractivity contribution >= 4 is 28.3 Å². The number of carbonyl (C=O) groups is 2. The molecule has 0 saturated heterocycles. The molecule has 1 aromatic heterocycles. The molecule has 4 aromatic rings. The van der Waals surface area contributed by atoms with E-state index >= 15 is 0 Å². The average molecular weight is 526 g/mol. The Morgan fingerprint density at radius 2 is 1.67 bits per heavy atom. The summed E-state index contributed by atoms with van der Waals surface area (Å²) in [6, 6.07) is 15.0. The molecule has 1 unspecified atom stereocenters. The third kappa shape index (κ3) is 4.58. The highest BCUT2D eigenvalue weighted by Gasteiger charge is 2.44. The van der Waals surface area contributed by atoms with Gasteiger partial charge in [0.1, 0.15) is 5.58 Å². The zero-order chi connectivity index (χ0) is 28.0. The van der Waals surface area contributed by atoms with Crippen molar-refractivity contribution in [2.24, 2.45) is 5.92 Å². The molecule has 0 N–H and O–H groups in total. The molecule has 200 valence electrons. The fourth-order valence-electron chi connectivity index (χ4n) is 4.90. The Hall–Kier alpha value is -4.39. The summed E-state index contributed by atoms with van der Waals surface area (Å²) in [6.45, 7) is 10.00. The van der Waals surface area contributed by atoms with Gasteiger partial charge >= 0.3 is 0 Å². The molecule has 3 aromatic carbocycles. The first kappa shape index (κ1) is 26.2. The second-order valence-corrected chi connectivity index (χ2v) is 10.4. The van der Waals surface area contributed by atoms with Crippen LogP contribution >= 0.6 is 0 Å². The van der Waals surface area contributed by atoms with Crippen molar-refractivity contribution in [2.75, 3.05) is 18.6 Å². The smallest absolute Gasteiger partial charge is 0.295 e. The van der Waals surface area contributed by atoms with E-state index in [1.54, 1.807) is 54.5 Å². The molecule has 0 bridgehead atoms. The lowest BCUT2D eigenvalue weighted by Gasteiger charge is -2.26. The number of rotatable bonds is 7. The highest BCUT2D eigenvalue weighted by Crippen LogP contribution is 2.43.